The normalized spacial score (nSPS) is 11.0. The number of hydrogen-bond acceptors (Lipinski definition) is 5. The van der Waals surface area contributed by atoms with Gasteiger partial charge in [0, 0.05) is 12.6 Å². The van der Waals surface area contributed by atoms with Crippen molar-refractivity contribution in [3.8, 4) is 5.75 Å². The average Bonchev–Trinajstić information content (AvgIpc) is 2.69. The van der Waals surface area contributed by atoms with Crippen LogP contribution in [0.15, 0.2) is 42.6 Å². The molecule has 0 aliphatic rings. The Hall–Kier alpha value is -2.89. The van der Waals surface area contributed by atoms with Crippen molar-refractivity contribution in [3.63, 3.8) is 0 Å². The van der Waals surface area contributed by atoms with Gasteiger partial charge in [0.1, 0.15) is 5.75 Å². The van der Waals surface area contributed by atoms with Gasteiger partial charge in [0.05, 0.1) is 31.5 Å². The van der Waals surface area contributed by atoms with Crippen LogP contribution in [0.2, 0.25) is 0 Å². The number of carbonyl (C=O) groups is 2. The third-order valence-corrected chi connectivity index (χ3v) is 4.24. The zero-order valence-corrected chi connectivity index (χ0v) is 17.0. The van der Waals surface area contributed by atoms with E-state index in [0.717, 1.165) is 5.75 Å². The summed E-state index contributed by atoms with van der Waals surface area (Å²) in [5.74, 6) is 0.289. The molecule has 0 spiro atoms. The minimum Gasteiger partial charge on any atom is -0.494 e. The summed E-state index contributed by atoms with van der Waals surface area (Å²) in [7, 11) is 1.32. The number of pyridine rings is 1. The molecule has 1 heterocycles. The van der Waals surface area contributed by atoms with Crippen LogP contribution in [0.25, 0.3) is 0 Å². The number of nitrogens with zero attached hydrogens (tertiary/aromatic N) is 1. The highest BCUT2D eigenvalue weighted by Crippen LogP contribution is 2.24. The molecule has 150 valence electrons. The molecule has 1 N–H and O–H groups in total. The van der Waals surface area contributed by atoms with Gasteiger partial charge in [-0.1, -0.05) is 32.9 Å². The minimum atomic E-state index is -0.428. The standard InChI is InChI=1S/C22H28N2O4/c1-22(2,3)17-7-9-19(10-8-17)28-13-5-6-20(25)24-15-18-14-16(11-12-23-18)21(26)27-4/h7-12,14H,5-6,13,15H2,1-4H3,(H,24,25). The van der Waals surface area contributed by atoms with Gasteiger partial charge < -0.3 is 14.8 Å². The highest BCUT2D eigenvalue weighted by molar-refractivity contribution is 5.89. The van der Waals surface area contributed by atoms with Crippen molar-refractivity contribution in [2.45, 2.75) is 45.6 Å². The first-order chi connectivity index (χ1) is 13.3. The van der Waals surface area contributed by atoms with E-state index >= 15 is 0 Å². The topological polar surface area (TPSA) is 77.5 Å². The molecule has 1 amide bonds. The summed E-state index contributed by atoms with van der Waals surface area (Å²) >= 11 is 0. The summed E-state index contributed by atoms with van der Waals surface area (Å²) in [5.41, 5.74) is 2.38. The molecule has 0 aliphatic carbocycles. The number of carbonyl (C=O) groups excluding carboxylic acids is 2. The molecule has 0 saturated carbocycles. The monoisotopic (exact) mass is 384 g/mol. The smallest absolute Gasteiger partial charge is 0.337 e. The van der Waals surface area contributed by atoms with Crippen molar-refractivity contribution in [1.29, 1.82) is 0 Å². The first-order valence-corrected chi connectivity index (χ1v) is 9.33. The molecular formula is C22H28N2O4. The molecule has 0 radical (unpaired) electrons. The van der Waals surface area contributed by atoms with Gasteiger partial charge in [0.2, 0.25) is 5.91 Å². The largest absolute Gasteiger partial charge is 0.494 e. The number of hydrogen-bond donors (Lipinski definition) is 1. The van der Waals surface area contributed by atoms with Gasteiger partial charge in [0.25, 0.3) is 0 Å². The summed E-state index contributed by atoms with van der Waals surface area (Å²) < 4.78 is 10.4. The van der Waals surface area contributed by atoms with E-state index in [4.69, 9.17) is 4.74 Å². The summed E-state index contributed by atoms with van der Waals surface area (Å²) in [6.07, 6.45) is 2.49. The van der Waals surface area contributed by atoms with Crippen LogP contribution >= 0.6 is 0 Å². The van der Waals surface area contributed by atoms with Crippen LogP contribution in [-0.2, 0) is 21.5 Å². The Kier molecular flexibility index (Phi) is 7.55. The Labute approximate surface area is 166 Å². The van der Waals surface area contributed by atoms with Gasteiger partial charge in [0.15, 0.2) is 0 Å². The molecule has 0 atom stereocenters. The molecule has 0 fully saturated rings. The Morgan fingerprint density at radius 2 is 1.82 bits per heavy atom. The van der Waals surface area contributed by atoms with Gasteiger partial charge in [-0.2, -0.15) is 0 Å². The average molecular weight is 384 g/mol. The number of esters is 1. The summed E-state index contributed by atoms with van der Waals surface area (Å²) in [4.78, 5) is 27.6. The van der Waals surface area contributed by atoms with E-state index in [1.54, 1.807) is 12.1 Å². The molecule has 6 nitrogen and oxygen atoms in total. The van der Waals surface area contributed by atoms with Gasteiger partial charge in [-0.25, -0.2) is 4.79 Å². The maximum atomic E-state index is 12.0. The number of amides is 1. The molecule has 1 aromatic carbocycles. The number of ether oxygens (including phenoxy) is 2. The molecule has 0 saturated heterocycles. The van der Waals surface area contributed by atoms with E-state index in [1.807, 2.05) is 12.1 Å². The van der Waals surface area contributed by atoms with E-state index in [0.29, 0.717) is 30.7 Å². The lowest BCUT2D eigenvalue weighted by atomic mass is 9.87. The number of nitrogens with one attached hydrogen (secondary N) is 1. The molecule has 0 bridgehead atoms. The van der Waals surface area contributed by atoms with Crippen LogP contribution in [0.3, 0.4) is 0 Å². The third-order valence-electron chi connectivity index (χ3n) is 4.24. The summed E-state index contributed by atoms with van der Waals surface area (Å²) in [6, 6.07) is 11.2. The van der Waals surface area contributed by atoms with E-state index in [1.165, 1.54) is 18.9 Å². The van der Waals surface area contributed by atoms with Crippen molar-refractivity contribution < 1.29 is 19.1 Å². The van der Waals surface area contributed by atoms with Crippen LogP contribution in [0.1, 0.15) is 55.2 Å². The zero-order valence-electron chi connectivity index (χ0n) is 17.0. The van der Waals surface area contributed by atoms with Gasteiger partial charge in [-0.3, -0.25) is 9.78 Å². The lowest BCUT2D eigenvalue weighted by molar-refractivity contribution is -0.121. The number of rotatable bonds is 8. The Bertz CT molecular complexity index is 795. The molecule has 0 aliphatic heterocycles. The van der Waals surface area contributed by atoms with Gasteiger partial charge >= 0.3 is 5.97 Å². The predicted octanol–water partition coefficient (Wildman–Crippen LogP) is 3.64. The molecule has 2 rings (SSSR count). The second kappa shape index (κ2) is 9.88. The number of benzene rings is 1. The van der Waals surface area contributed by atoms with Crippen LogP contribution in [0.5, 0.6) is 5.75 Å². The maximum Gasteiger partial charge on any atom is 0.337 e. The SMILES string of the molecule is COC(=O)c1ccnc(CNC(=O)CCCOc2ccc(C(C)(C)C)cc2)c1. The van der Waals surface area contributed by atoms with E-state index < -0.39 is 5.97 Å². The van der Waals surface area contributed by atoms with Gasteiger partial charge in [-0.15, -0.1) is 0 Å². The Morgan fingerprint density at radius 1 is 1.11 bits per heavy atom. The van der Waals surface area contributed by atoms with Crippen molar-refractivity contribution in [2.24, 2.45) is 0 Å². The fraction of sp³-hybridized carbons (Fsp3) is 0.409. The van der Waals surface area contributed by atoms with Crippen molar-refractivity contribution in [3.05, 3.63) is 59.4 Å². The number of methoxy groups -OCH3 is 1. The van der Waals surface area contributed by atoms with Crippen LogP contribution in [0, 0.1) is 0 Å². The Balaban J connectivity index is 1.70. The van der Waals surface area contributed by atoms with Crippen molar-refractivity contribution in [1.82, 2.24) is 10.3 Å². The predicted molar refractivity (Wildman–Crippen MR) is 107 cm³/mol. The molecule has 6 heteroatoms. The molecule has 0 unspecified atom stereocenters. The van der Waals surface area contributed by atoms with E-state index in [9.17, 15) is 9.59 Å². The second-order valence-electron chi connectivity index (χ2n) is 7.53. The maximum absolute atomic E-state index is 12.0. The van der Waals surface area contributed by atoms with Crippen LogP contribution in [0.4, 0.5) is 0 Å². The molecule has 2 aromatic rings. The molecular weight excluding hydrogens is 356 g/mol. The molecule has 1 aromatic heterocycles. The Morgan fingerprint density at radius 3 is 2.46 bits per heavy atom. The lowest BCUT2D eigenvalue weighted by Gasteiger charge is -2.19. The van der Waals surface area contributed by atoms with Gasteiger partial charge in [-0.05, 0) is 41.7 Å². The van der Waals surface area contributed by atoms with Crippen molar-refractivity contribution in [2.75, 3.05) is 13.7 Å². The highest BCUT2D eigenvalue weighted by atomic mass is 16.5. The number of aromatic nitrogens is 1. The zero-order chi connectivity index (χ0) is 20.6. The summed E-state index contributed by atoms with van der Waals surface area (Å²) in [6.45, 7) is 7.24. The van der Waals surface area contributed by atoms with E-state index in [-0.39, 0.29) is 17.9 Å². The molecule has 28 heavy (non-hydrogen) atoms. The first kappa shape index (κ1) is 21.4. The third kappa shape index (κ3) is 6.68. The fourth-order valence-electron chi connectivity index (χ4n) is 2.57. The summed E-state index contributed by atoms with van der Waals surface area (Å²) in [5, 5.41) is 2.80. The highest BCUT2D eigenvalue weighted by Gasteiger charge is 2.13. The van der Waals surface area contributed by atoms with E-state index in [2.05, 4.69) is 47.9 Å². The second-order valence-corrected chi connectivity index (χ2v) is 7.53. The quantitative estimate of drug-likeness (QED) is 0.555. The van der Waals surface area contributed by atoms with Crippen molar-refractivity contribution >= 4 is 11.9 Å². The first-order valence-electron chi connectivity index (χ1n) is 9.33. The van der Waals surface area contributed by atoms with Crippen LogP contribution < -0.4 is 10.1 Å². The minimum absolute atomic E-state index is 0.0862. The van der Waals surface area contributed by atoms with Crippen LogP contribution in [-0.4, -0.2) is 30.6 Å². The lowest BCUT2D eigenvalue weighted by Crippen LogP contribution is -2.23. The fourth-order valence-corrected chi connectivity index (χ4v) is 2.57.